The molecule has 6 N–H and O–H groups in total. The van der Waals surface area contributed by atoms with E-state index in [0.29, 0.717) is 24.2 Å². The number of halogens is 1. The normalized spacial score (nSPS) is 12.7. The summed E-state index contributed by atoms with van der Waals surface area (Å²) >= 11 is 0. The minimum atomic E-state index is -0.765. The highest BCUT2D eigenvalue weighted by atomic mass is 35.5. The van der Waals surface area contributed by atoms with Crippen molar-refractivity contribution < 1.29 is 14.0 Å². The van der Waals surface area contributed by atoms with Crippen molar-refractivity contribution in [3.8, 4) is 0 Å². The number of carbonyl (C=O) groups excluding carboxylic acids is 2. The smallest absolute Gasteiger partial charge is 0.336 e. The van der Waals surface area contributed by atoms with E-state index in [1.54, 1.807) is 25.1 Å². The summed E-state index contributed by atoms with van der Waals surface area (Å²) in [7, 11) is 0. The average Bonchev–Trinajstić information content (AvgIpc) is 2.61. The predicted octanol–water partition coefficient (Wildman–Crippen LogP) is 1.42. The number of carbonyl (C=O) groups is 2. The molecule has 2 atom stereocenters. The van der Waals surface area contributed by atoms with E-state index in [-0.39, 0.29) is 18.3 Å². The second-order valence-electron chi connectivity index (χ2n) is 6.57. The standard InChI is InChI=1S/C19H26N4O4.ClH/c1-11-9-17(24)27-16-10-13(6-7-14(11)16)23-18(25)12(2)22-19(26)15(21)5-3-4-8-20;/h6-7,9-10,12,15H,3-5,8,20-21H2,1-2H3,(H,22,26)(H,23,25);1H. The molecule has 2 rings (SSSR count). The topological polar surface area (TPSA) is 140 Å². The van der Waals surface area contributed by atoms with Crippen LogP contribution in [0.4, 0.5) is 5.69 Å². The van der Waals surface area contributed by atoms with Gasteiger partial charge in [-0.15, -0.1) is 12.4 Å². The van der Waals surface area contributed by atoms with Crippen molar-refractivity contribution in [2.75, 3.05) is 11.9 Å². The van der Waals surface area contributed by atoms with Gasteiger partial charge >= 0.3 is 5.63 Å². The van der Waals surface area contributed by atoms with Gasteiger partial charge in [-0.1, -0.05) is 6.42 Å². The van der Waals surface area contributed by atoms with Crippen molar-refractivity contribution in [3.63, 3.8) is 0 Å². The lowest BCUT2D eigenvalue weighted by Gasteiger charge is -2.17. The molecule has 154 valence electrons. The Labute approximate surface area is 169 Å². The molecule has 0 aliphatic rings. The zero-order valence-electron chi connectivity index (χ0n) is 16.0. The summed E-state index contributed by atoms with van der Waals surface area (Å²) in [6.07, 6.45) is 2.07. The Morgan fingerprint density at radius 3 is 2.57 bits per heavy atom. The molecular weight excluding hydrogens is 384 g/mol. The van der Waals surface area contributed by atoms with E-state index in [4.69, 9.17) is 15.9 Å². The summed E-state index contributed by atoms with van der Waals surface area (Å²) in [5, 5.41) is 6.09. The van der Waals surface area contributed by atoms with Crippen LogP contribution >= 0.6 is 12.4 Å². The van der Waals surface area contributed by atoms with Gasteiger partial charge in [0.05, 0.1) is 6.04 Å². The number of anilines is 1. The minimum Gasteiger partial charge on any atom is -0.423 e. The van der Waals surface area contributed by atoms with Crippen molar-refractivity contribution in [2.24, 2.45) is 11.5 Å². The first-order valence-electron chi connectivity index (χ1n) is 8.93. The number of nitrogens with two attached hydrogens (primary N) is 2. The number of unbranched alkanes of at least 4 members (excludes halogenated alkanes) is 1. The zero-order chi connectivity index (χ0) is 20.0. The molecule has 1 heterocycles. The van der Waals surface area contributed by atoms with Gasteiger partial charge in [-0.3, -0.25) is 9.59 Å². The first-order valence-corrected chi connectivity index (χ1v) is 8.93. The molecular formula is C19H27ClN4O4. The fourth-order valence-electron chi connectivity index (χ4n) is 2.68. The molecule has 1 aromatic carbocycles. The highest BCUT2D eigenvalue weighted by Crippen LogP contribution is 2.20. The van der Waals surface area contributed by atoms with Crippen LogP contribution in [0, 0.1) is 6.92 Å². The first kappa shape index (κ1) is 23.6. The van der Waals surface area contributed by atoms with E-state index in [1.807, 2.05) is 6.92 Å². The van der Waals surface area contributed by atoms with Crippen molar-refractivity contribution >= 4 is 40.9 Å². The third-order valence-corrected chi connectivity index (χ3v) is 4.28. The van der Waals surface area contributed by atoms with Crippen molar-refractivity contribution in [1.82, 2.24) is 5.32 Å². The fraction of sp³-hybridized carbons (Fsp3) is 0.421. The maximum atomic E-state index is 12.3. The Morgan fingerprint density at radius 2 is 1.89 bits per heavy atom. The van der Waals surface area contributed by atoms with Crippen LogP contribution in [0.3, 0.4) is 0 Å². The third-order valence-electron chi connectivity index (χ3n) is 4.28. The fourth-order valence-corrected chi connectivity index (χ4v) is 2.68. The number of nitrogens with one attached hydrogen (secondary N) is 2. The van der Waals surface area contributed by atoms with E-state index < -0.39 is 23.6 Å². The van der Waals surface area contributed by atoms with Gasteiger partial charge in [-0.05, 0) is 50.9 Å². The van der Waals surface area contributed by atoms with Crippen LogP contribution < -0.4 is 27.7 Å². The lowest BCUT2D eigenvalue weighted by Crippen LogP contribution is -2.48. The Balaban J connectivity index is 0.00000392. The molecule has 0 aliphatic heterocycles. The lowest BCUT2D eigenvalue weighted by molar-refractivity contribution is -0.127. The average molecular weight is 411 g/mol. The molecule has 2 aromatic rings. The van der Waals surface area contributed by atoms with Gasteiger partial charge in [0.15, 0.2) is 0 Å². The van der Waals surface area contributed by atoms with Crippen LogP contribution in [0.1, 0.15) is 31.7 Å². The largest absolute Gasteiger partial charge is 0.423 e. The Kier molecular flexibility index (Phi) is 9.11. The summed E-state index contributed by atoms with van der Waals surface area (Å²) in [5.41, 5.74) is 12.4. The molecule has 2 unspecified atom stereocenters. The van der Waals surface area contributed by atoms with E-state index in [0.717, 1.165) is 23.8 Å². The molecule has 0 saturated heterocycles. The molecule has 0 bridgehead atoms. The molecule has 1 aromatic heterocycles. The van der Waals surface area contributed by atoms with Crippen LogP contribution in [0.15, 0.2) is 33.5 Å². The minimum absolute atomic E-state index is 0. The van der Waals surface area contributed by atoms with Crippen molar-refractivity contribution in [2.45, 2.75) is 45.2 Å². The number of hydrogen-bond donors (Lipinski definition) is 4. The second kappa shape index (κ2) is 10.8. The van der Waals surface area contributed by atoms with Crippen molar-refractivity contribution in [3.05, 3.63) is 40.2 Å². The van der Waals surface area contributed by atoms with Crippen LogP contribution in [-0.4, -0.2) is 30.4 Å². The molecule has 8 nitrogen and oxygen atoms in total. The molecule has 0 fully saturated rings. The van der Waals surface area contributed by atoms with E-state index >= 15 is 0 Å². The maximum Gasteiger partial charge on any atom is 0.336 e. The number of fused-ring (bicyclic) bond motifs is 1. The van der Waals surface area contributed by atoms with Gasteiger partial charge in [0.25, 0.3) is 0 Å². The summed E-state index contributed by atoms with van der Waals surface area (Å²) in [6.45, 7) is 3.94. The monoisotopic (exact) mass is 410 g/mol. The van der Waals surface area contributed by atoms with Gasteiger partial charge in [-0.2, -0.15) is 0 Å². The van der Waals surface area contributed by atoms with Gasteiger partial charge in [0.1, 0.15) is 11.6 Å². The molecule has 9 heteroatoms. The lowest BCUT2D eigenvalue weighted by atomic mass is 10.1. The first-order chi connectivity index (χ1) is 12.8. The van der Waals surface area contributed by atoms with Crippen LogP contribution in [0.2, 0.25) is 0 Å². The van der Waals surface area contributed by atoms with Crippen LogP contribution in [0.25, 0.3) is 11.0 Å². The Morgan fingerprint density at radius 1 is 1.18 bits per heavy atom. The maximum absolute atomic E-state index is 12.3. The van der Waals surface area contributed by atoms with Crippen LogP contribution in [0.5, 0.6) is 0 Å². The second-order valence-corrected chi connectivity index (χ2v) is 6.57. The van der Waals surface area contributed by atoms with Gasteiger partial charge in [-0.25, -0.2) is 4.79 Å². The molecule has 0 aliphatic carbocycles. The molecule has 2 amide bonds. The number of aryl methyl sites for hydroxylation is 1. The Bertz CT molecular complexity index is 884. The number of rotatable bonds is 8. The molecule has 0 radical (unpaired) electrons. The highest BCUT2D eigenvalue weighted by Gasteiger charge is 2.20. The SMILES string of the molecule is Cc1cc(=O)oc2cc(NC(=O)C(C)NC(=O)C(N)CCCCN)ccc12.Cl. The van der Waals surface area contributed by atoms with E-state index in [2.05, 4.69) is 10.6 Å². The zero-order valence-corrected chi connectivity index (χ0v) is 16.8. The molecule has 0 spiro atoms. The number of hydrogen-bond acceptors (Lipinski definition) is 6. The van der Waals surface area contributed by atoms with E-state index in [9.17, 15) is 14.4 Å². The van der Waals surface area contributed by atoms with Gasteiger partial charge in [0.2, 0.25) is 11.8 Å². The highest BCUT2D eigenvalue weighted by molar-refractivity contribution is 5.98. The quantitative estimate of drug-likeness (QED) is 0.383. The van der Waals surface area contributed by atoms with Crippen LogP contribution in [-0.2, 0) is 9.59 Å². The van der Waals surface area contributed by atoms with Gasteiger partial charge in [0, 0.05) is 23.2 Å². The Hall–Kier alpha value is -2.42. The summed E-state index contributed by atoms with van der Waals surface area (Å²) in [5.74, 6) is -0.776. The summed E-state index contributed by atoms with van der Waals surface area (Å²) in [4.78, 5) is 35.9. The summed E-state index contributed by atoms with van der Waals surface area (Å²) in [6, 6.07) is 5.02. The van der Waals surface area contributed by atoms with Crippen molar-refractivity contribution in [1.29, 1.82) is 0 Å². The predicted molar refractivity (Wildman–Crippen MR) is 112 cm³/mol. The van der Waals surface area contributed by atoms with Gasteiger partial charge < -0.3 is 26.5 Å². The molecule has 28 heavy (non-hydrogen) atoms. The summed E-state index contributed by atoms with van der Waals surface area (Å²) < 4.78 is 5.17. The number of amides is 2. The molecule has 0 saturated carbocycles. The third kappa shape index (κ3) is 6.33. The number of benzene rings is 1. The van der Waals surface area contributed by atoms with E-state index in [1.165, 1.54) is 6.07 Å².